The number of carbonyl (C=O) groups excluding carboxylic acids is 1. The molecule has 1 atom stereocenters. The van der Waals surface area contributed by atoms with Crippen molar-refractivity contribution < 1.29 is 22.7 Å². The lowest BCUT2D eigenvalue weighted by molar-refractivity contribution is -0.134. The predicted octanol–water partition coefficient (Wildman–Crippen LogP) is 1.82. The third-order valence-electron chi connectivity index (χ3n) is 5.59. The Morgan fingerprint density at radius 3 is 2.67 bits per heavy atom. The Hall–Kier alpha value is -3.70. The van der Waals surface area contributed by atoms with E-state index in [9.17, 15) is 22.7 Å². The molecule has 0 spiro atoms. The van der Waals surface area contributed by atoms with Gasteiger partial charge in [0.15, 0.2) is 0 Å². The lowest BCUT2D eigenvalue weighted by Gasteiger charge is -2.21. The van der Waals surface area contributed by atoms with Crippen molar-refractivity contribution in [2.24, 2.45) is 0 Å². The van der Waals surface area contributed by atoms with Crippen LogP contribution >= 0.6 is 0 Å². The minimum absolute atomic E-state index is 0.0449. The van der Waals surface area contributed by atoms with E-state index in [1.165, 1.54) is 41.6 Å². The minimum atomic E-state index is -3.94. The van der Waals surface area contributed by atoms with Crippen molar-refractivity contribution in [2.75, 3.05) is 6.61 Å². The fraction of sp³-hybridized carbons (Fsp3) is 0.182. The molecule has 0 aliphatic carbocycles. The lowest BCUT2D eigenvalue weighted by Crippen LogP contribution is -2.34. The maximum atomic E-state index is 14.1. The third-order valence-corrected chi connectivity index (χ3v) is 7.12. The van der Waals surface area contributed by atoms with Gasteiger partial charge in [-0.2, -0.15) is 17.6 Å². The fourth-order valence-corrected chi connectivity index (χ4v) is 5.09. The van der Waals surface area contributed by atoms with Crippen molar-refractivity contribution in [3.8, 4) is 0 Å². The van der Waals surface area contributed by atoms with Gasteiger partial charge in [-0.25, -0.2) is 4.39 Å². The molecule has 1 aliphatic heterocycles. The molecule has 0 bridgehead atoms. The summed E-state index contributed by atoms with van der Waals surface area (Å²) in [6, 6.07) is 10.7. The molecule has 0 fully saturated rings. The van der Waals surface area contributed by atoms with E-state index in [0.29, 0.717) is 22.2 Å². The van der Waals surface area contributed by atoms with Crippen LogP contribution in [0.1, 0.15) is 22.9 Å². The highest BCUT2D eigenvalue weighted by molar-refractivity contribution is 7.89. The lowest BCUT2D eigenvalue weighted by atomic mass is 10.0. The quantitative estimate of drug-likeness (QED) is 0.476. The molecule has 11 heteroatoms. The zero-order chi connectivity index (χ0) is 23.2. The Morgan fingerprint density at radius 2 is 1.91 bits per heavy atom. The van der Waals surface area contributed by atoms with E-state index in [-0.39, 0.29) is 23.7 Å². The van der Waals surface area contributed by atoms with Crippen LogP contribution in [0.15, 0.2) is 66.0 Å². The summed E-state index contributed by atoms with van der Waals surface area (Å²) in [5.41, 5.74) is 1.53. The molecule has 0 unspecified atom stereocenters. The first-order valence-corrected chi connectivity index (χ1v) is 11.5. The number of pyridine rings is 2. The SMILES string of the molecule is O=C([C@H](CO)c1ncccc1F)N1Cc2cn(S(=O)(=O)c3ccc4ncccc4c3)nc2C1. The molecule has 1 aliphatic rings. The van der Waals surface area contributed by atoms with Gasteiger partial charge in [-0.1, -0.05) is 6.07 Å². The van der Waals surface area contributed by atoms with E-state index in [2.05, 4.69) is 15.1 Å². The van der Waals surface area contributed by atoms with Gasteiger partial charge >= 0.3 is 0 Å². The molecule has 5 rings (SSSR count). The predicted molar refractivity (Wildman–Crippen MR) is 115 cm³/mol. The Morgan fingerprint density at radius 1 is 1.12 bits per heavy atom. The van der Waals surface area contributed by atoms with Gasteiger partial charge in [-0.15, -0.1) is 0 Å². The fourth-order valence-electron chi connectivity index (χ4n) is 3.88. The van der Waals surface area contributed by atoms with Crippen LogP contribution in [0.4, 0.5) is 4.39 Å². The summed E-state index contributed by atoms with van der Waals surface area (Å²) in [5.74, 6) is -2.34. The topological polar surface area (TPSA) is 118 Å². The summed E-state index contributed by atoms with van der Waals surface area (Å²) in [6.07, 6.45) is 4.36. The molecule has 33 heavy (non-hydrogen) atoms. The Kier molecular flexibility index (Phi) is 5.14. The molecule has 4 aromatic rings. The van der Waals surface area contributed by atoms with Gasteiger partial charge in [-0.3, -0.25) is 14.8 Å². The molecule has 1 amide bonds. The Bertz CT molecular complexity index is 1460. The number of hydrogen-bond donors (Lipinski definition) is 1. The van der Waals surface area contributed by atoms with E-state index in [0.717, 1.165) is 4.09 Å². The van der Waals surface area contributed by atoms with Crippen LogP contribution in [-0.2, 0) is 27.9 Å². The summed E-state index contributed by atoms with van der Waals surface area (Å²) in [7, 11) is -3.94. The van der Waals surface area contributed by atoms with Gasteiger partial charge in [0.25, 0.3) is 10.0 Å². The van der Waals surface area contributed by atoms with Crippen LogP contribution in [0, 0.1) is 5.82 Å². The standard InChI is InChI=1S/C22H18FN5O4S/c23-18-4-2-8-25-21(18)17(13-29)22(30)27-10-15-11-28(26-20(15)12-27)33(31,32)16-5-6-19-14(9-16)3-1-7-24-19/h1-9,11,17,29H,10,12-13H2/t17-/m1/s1. The number of carbonyl (C=O) groups is 1. The van der Waals surface area contributed by atoms with E-state index in [1.807, 2.05) is 0 Å². The molecular formula is C22H18FN5O4S. The third kappa shape index (κ3) is 3.64. The molecule has 0 saturated heterocycles. The van der Waals surface area contributed by atoms with Gasteiger partial charge in [0.1, 0.15) is 11.7 Å². The molecule has 0 radical (unpaired) electrons. The second kappa shape index (κ2) is 8.01. The smallest absolute Gasteiger partial charge is 0.282 e. The highest BCUT2D eigenvalue weighted by Crippen LogP contribution is 2.28. The number of aliphatic hydroxyl groups is 1. The molecule has 1 N–H and O–H groups in total. The van der Waals surface area contributed by atoms with Crippen LogP contribution in [0.5, 0.6) is 0 Å². The first-order valence-electron chi connectivity index (χ1n) is 10.1. The maximum absolute atomic E-state index is 14.1. The van der Waals surface area contributed by atoms with Gasteiger partial charge in [-0.05, 0) is 36.4 Å². The highest BCUT2D eigenvalue weighted by Gasteiger charge is 2.34. The van der Waals surface area contributed by atoms with Crippen LogP contribution in [0.3, 0.4) is 0 Å². The molecule has 1 aromatic carbocycles. The number of nitrogens with zero attached hydrogens (tertiary/aromatic N) is 5. The zero-order valence-corrected chi connectivity index (χ0v) is 18.0. The monoisotopic (exact) mass is 467 g/mol. The molecule has 4 heterocycles. The van der Waals surface area contributed by atoms with E-state index in [1.54, 1.807) is 24.4 Å². The number of rotatable bonds is 5. The maximum Gasteiger partial charge on any atom is 0.282 e. The van der Waals surface area contributed by atoms with Crippen molar-refractivity contribution >= 4 is 26.8 Å². The molecule has 9 nitrogen and oxygen atoms in total. The second-order valence-corrected chi connectivity index (χ2v) is 9.43. The first-order chi connectivity index (χ1) is 15.9. The largest absolute Gasteiger partial charge is 0.395 e. The van der Waals surface area contributed by atoms with E-state index in [4.69, 9.17) is 0 Å². The van der Waals surface area contributed by atoms with Crippen LogP contribution in [-0.4, -0.2) is 50.1 Å². The number of benzene rings is 1. The Balaban J connectivity index is 1.39. The normalized spacial score (nSPS) is 14.4. The van der Waals surface area contributed by atoms with Crippen molar-refractivity contribution in [1.82, 2.24) is 24.1 Å². The van der Waals surface area contributed by atoms with Gasteiger partial charge in [0.2, 0.25) is 5.91 Å². The number of amides is 1. The van der Waals surface area contributed by atoms with Crippen molar-refractivity contribution in [2.45, 2.75) is 23.9 Å². The summed E-state index contributed by atoms with van der Waals surface area (Å²) >= 11 is 0. The van der Waals surface area contributed by atoms with Gasteiger partial charge < -0.3 is 10.0 Å². The molecule has 0 saturated carbocycles. The summed E-state index contributed by atoms with van der Waals surface area (Å²) in [5, 5.41) is 14.6. The minimum Gasteiger partial charge on any atom is -0.395 e. The van der Waals surface area contributed by atoms with Crippen LogP contribution in [0.25, 0.3) is 10.9 Å². The van der Waals surface area contributed by atoms with Crippen LogP contribution in [0.2, 0.25) is 0 Å². The number of hydrogen-bond acceptors (Lipinski definition) is 7. The van der Waals surface area contributed by atoms with Gasteiger partial charge in [0.05, 0.1) is 35.0 Å². The molecule has 3 aromatic heterocycles. The molecule has 168 valence electrons. The van der Waals surface area contributed by atoms with E-state index < -0.39 is 34.3 Å². The average molecular weight is 467 g/mol. The van der Waals surface area contributed by atoms with Crippen molar-refractivity contribution in [3.63, 3.8) is 0 Å². The van der Waals surface area contributed by atoms with E-state index >= 15 is 0 Å². The Labute approximate surface area is 188 Å². The zero-order valence-electron chi connectivity index (χ0n) is 17.2. The highest BCUT2D eigenvalue weighted by atomic mass is 32.2. The van der Waals surface area contributed by atoms with Crippen molar-refractivity contribution in [1.29, 1.82) is 0 Å². The van der Waals surface area contributed by atoms with Crippen molar-refractivity contribution in [3.05, 3.63) is 83.8 Å². The van der Waals surface area contributed by atoms with Gasteiger partial charge in [0, 0.05) is 36.1 Å². The first kappa shape index (κ1) is 21.2. The second-order valence-electron chi connectivity index (χ2n) is 7.64. The number of aliphatic hydroxyl groups excluding tert-OH is 1. The molecular weight excluding hydrogens is 449 g/mol. The number of aromatic nitrogens is 4. The average Bonchev–Trinajstić information content (AvgIpc) is 3.40. The summed E-state index contributed by atoms with van der Waals surface area (Å²) < 4.78 is 41.2. The number of halogens is 1. The summed E-state index contributed by atoms with van der Waals surface area (Å²) in [6.45, 7) is -0.467. The van der Waals surface area contributed by atoms with Crippen LogP contribution < -0.4 is 0 Å². The summed E-state index contributed by atoms with van der Waals surface area (Å²) in [4.78, 5) is 22.5. The number of fused-ring (bicyclic) bond motifs is 2.